The molecule has 2 aliphatic heterocycles. The number of ketones is 1. The van der Waals surface area contributed by atoms with Gasteiger partial charge in [-0.05, 0) is 80.8 Å². The maximum Gasteiger partial charge on any atom is 0.408 e. The Balaban J connectivity index is 1.39. The number of alkyl carbamates (subject to hydrolysis) is 1. The van der Waals surface area contributed by atoms with E-state index in [-0.39, 0.29) is 23.8 Å². The van der Waals surface area contributed by atoms with Crippen LogP contribution >= 0.6 is 0 Å². The number of fused-ring (bicyclic) bond motifs is 9. The molecule has 4 bridgehead atoms. The number of Topliss-reactive ketones (excluding diaryl/α,β-unsaturated/α-hetero) is 1. The zero-order valence-corrected chi connectivity index (χ0v) is 27.2. The lowest BCUT2D eigenvalue weighted by Crippen LogP contribution is -2.58. The van der Waals surface area contributed by atoms with Gasteiger partial charge in [0.2, 0.25) is 11.8 Å². The summed E-state index contributed by atoms with van der Waals surface area (Å²) >= 11 is 0. The third-order valence-electron chi connectivity index (χ3n) is 10.4. The summed E-state index contributed by atoms with van der Waals surface area (Å²) < 4.78 is 49.6. The van der Waals surface area contributed by atoms with E-state index < -0.39 is 53.9 Å². The number of methoxy groups -OCH3 is 1. The minimum Gasteiger partial charge on any atom is -0.497 e. The highest BCUT2D eigenvalue weighted by atomic mass is 19.3. The molecule has 46 heavy (non-hydrogen) atoms. The van der Waals surface area contributed by atoms with Crippen molar-refractivity contribution in [2.75, 3.05) is 13.7 Å². The van der Waals surface area contributed by atoms with Gasteiger partial charge in [0.1, 0.15) is 23.6 Å². The normalized spacial score (nSPS) is 31.6. The number of hydrogen-bond acceptors (Lipinski definition) is 8. The predicted octanol–water partition coefficient (Wildman–Crippen LogP) is 5.49. The van der Waals surface area contributed by atoms with Gasteiger partial charge in [0.05, 0.1) is 24.7 Å². The van der Waals surface area contributed by atoms with Crippen LogP contribution in [0.2, 0.25) is 0 Å². The van der Waals surface area contributed by atoms with Crippen LogP contribution in [-0.4, -0.2) is 76.5 Å². The molecule has 0 radical (unpaired) electrons. The predicted molar refractivity (Wildman–Crippen MR) is 165 cm³/mol. The Morgan fingerprint density at radius 2 is 1.80 bits per heavy atom. The number of rotatable bonds is 2. The Bertz CT molecular complexity index is 1510. The number of nitrogens with zero attached hydrogens (tertiary/aromatic N) is 3. The van der Waals surface area contributed by atoms with Gasteiger partial charge in [0.15, 0.2) is 17.9 Å². The first kappa shape index (κ1) is 32.4. The highest BCUT2D eigenvalue weighted by Crippen LogP contribution is 2.52. The van der Waals surface area contributed by atoms with Gasteiger partial charge in [0, 0.05) is 6.07 Å². The molecule has 0 unspecified atom stereocenters. The summed E-state index contributed by atoms with van der Waals surface area (Å²) in [7, 11) is 1.52. The van der Waals surface area contributed by atoms with E-state index in [1.54, 1.807) is 39.0 Å². The van der Waals surface area contributed by atoms with Crippen molar-refractivity contribution >= 4 is 28.8 Å². The fourth-order valence-corrected chi connectivity index (χ4v) is 8.07. The second-order valence-electron chi connectivity index (χ2n) is 14.5. The van der Waals surface area contributed by atoms with Crippen molar-refractivity contribution in [3.8, 4) is 11.6 Å². The summed E-state index contributed by atoms with van der Waals surface area (Å²) in [4.78, 5) is 50.5. The molecule has 2 saturated carbocycles. The summed E-state index contributed by atoms with van der Waals surface area (Å²) in [6, 6.07) is 1.87. The van der Waals surface area contributed by atoms with Gasteiger partial charge in [-0.25, -0.2) is 14.8 Å². The van der Waals surface area contributed by atoms with Gasteiger partial charge in [-0.15, -0.1) is 0 Å². The maximum atomic E-state index is 16.2. The van der Waals surface area contributed by atoms with E-state index in [2.05, 4.69) is 10.3 Å². The molecule has 2 amide bonds. The van der Waals surface area contributed by atoms with Crippen molar-refractivity contribution in [2.45, 2.75) is 109 Å². The number of carbonyl (C=O) groups excluding carboxylic acids is 3. The molecule has 1 aromatic heterocycles. The van der Waals surface area contributed by atoms with Crippen molar-refractivity contribution in [1.29, 1.82) is 0 Å². The number of aryl methyl sites for hydroxylation is 1. The molecular formula is C34H44F2N4O6. The largest absolute Gasteiger partial charge is 0.497 e. The topological polar surface area (TPSA) is 120 Å². The van der Waals surface area contributed by atoms with Crippen LogP contribution in [-0.2, 0) is 20.7 Å². The molecule has 1 saturated heterocycles. The Morgan fingerprint density at radius 1 is 1.04 bits per heavy atom. The fourth-order valence-electron chi connectivity index (χ4n) is 8.07. The lowest BCUT2D eigenvalue weighted by molar-refractivity contribution is -0.150. The third kappa shape index (κ3) is 5.99. The molecule has 6 rings (SSSR count). The highest BCUT2D eigenvalue weighted by molar-refractivity contribution is 5.93. The SMILES string of the molecule is COc1ccc2nc3c(nc2c1)O[C@H]1CN(C(=O)[C@H](C(C)(C)C)NC(=O)O[C@@H]2[C@H]4CC[C@H](C4)[C@H]2CCCCC3)[C@H](C(C)=O)C1(F)F. The molecular weight excluding hydrogens is 598 g/mol. The zero-order valence-electron chi connectivity index (χ0n) is 27.2. The van der Waals surface area contributed by atoms with E-state index >= 15 is 8.78 Å². The van der Waals surface area contributed by atoms with Crippen molar-refractivity contribution < 1.29 is 37.4 Å². The van der Waals surface area contributed by atoms with Gasteiger partial charge >= 0.3 is 12.0 Å². The zero-order chi connectivity index (χ0) is 33.0. The van der Waals surface area contributed by atoms with Crippen LogP contribution in [0.3, 0.4) is 0 Å². The molecule has 1 aromatic carbocycles. The molecule has 2 aromatic rings. The van der Waals surface area contributed by atoms with Crippen LogP contribution in [0.1, 0.15) is 78.3 Å². The second kappa shape index (κ2) is 12.2. The fraction of sp³-hybridized carbons (Fsp3) is 0.676. The van der Waals surface area contributed by atoms with E-state index in [1.807, 2.05) is 0 Å². The number of aromatic nitrogens is 2. The first-order chi connectivity index (χ1) is 21.8. The van der Waals surface area contributed by atoms with Crippen LogP contribution in [0.5, 0.6) is 11.6 Å². The first-order valence-electron chi connectivity index (χ1n) is 16.4. The average Bonchev–Trinajstić information content (AvgIpc) is 3.66. The van der Waals surface area contributed by atoms with Crippen LogP contribution in [0.4, 0.5) is 13.6 Å². The van der Waals surface area contributed by atoms with Crippen LogP contribution in [0.15, 0.2) is 18.2 Å². The highest BCUT2D eigenvalue weighted by Gasteiger charge is 2.63. The molecule has 3 heterocycles. The smallest absolute Gasteiger partial charge is 0.408 e. The van der Waals surface area contributed by atoms with Crippen LogP contribution in [0.25, 0.3) is 11.0 Å². The van der Waals surface area contributed by atoms with Crippen LogP contribution < -0.4 is 14.8 Å². The monoisotopic (exact) mass is 642 g/mol. The Kier molecular flexibility index (Phi) is 8.60. The first-order valence-corrected chi connectivity index (χ1v) is 16.4. The summed E-state index contributed by atoms with van der Waals surface area (Å²) in [5, 5.41) is 2.72. The number of hydrogen-bond donors (Lipinski definition) is 1. The van der Waals surface area contributed by atoms with E-state index in [4.69, 9.17) is 19.2 Å². The third-order valence-corrected chi connectivity index (χ3v) is 10.4. The second-order valence-corrected chi connectivity index (χ2v) is 14.5. The van der Waals surface area contributed by atoms with E-state index in [0.717, 1.165) is 56.8 Å². The molecule has 10 nitrogen and oxygen atoms in total. The van der Waals surface area contributed by atoms with Gasteiger partial charge in [-0.1, -0.05) is 33.6 Å². The van der Waals surface area contributed by atoms with Crippen LogP contribution in [0, 0.1) is 23.2 Å². The number of carbonyl (C=O) groups is 3. The Labute approximate surface area is 267 Å². The summed E-state index contributed by atoms with van der Waals surface area (Å²) in [6.45, 7) is 5.66. The standard InChI is InChI=1S/C34H44F2N4O6/c1-18(41)29-34(35,36)26-17-40(29)31(42)28(33(2,3)4)39-32(43)46-27-20-12-11-19(15-20)22(27)9-7-6-8-10-24-30(45-26)38-25-16-21(44-5)13-14-23(25)37-24/h13-14,16,19-20,22,26-29H,6-12,15,17H2,1-5H3,(H,39,43)/t19-,20+,22-,26+,27-,28-,29-/m1/s1. The Morgan fingerprint density at radius 3 is 2.52 bits per heavy atom. The van der Waals surface area contributed by atoms with Crippen molar-refractivity contribution in [3.63, 3.8) is 0 Å². The number of halogens is 2. The molecule has 7 atom stereocenters. The number of nitrogens with one attached hydrogen (secondary N) is 1. The van der Waals surface area contributed by atoms with Gasteiger partial charge in [-0.2, -0.15) is 8.78 Å². The summed E-state index contributed by atoms with van der Waals surface area (Å²) in [5.41, 5.74) is 0.555. The number of benzene rings is 1. The minimum absolute atomic E-state index is 0.0506. The molecule has 0 spiro atoms. The van der Waals surface area contributed by atoms with Crippen molar-refractivity contribution in [2.24, 2.45) is 23.2 Å². The van der Waals surface area contributed by atoms with E-state index in [1.165, 1.54) is 7.11 Å². The molecule has 3 fully saturated rings. The summed E-state index contributed by atoms with van der Waals surface area (Å²) in [5.74, 6) is -3.93. The average molecular weight is 643 g/mol. The van der Waals surface area contributed by atoms with Gasteiger partial charge in [0.25, 0.3) is 0 Å². The lowest BCUT2D eigenvalue weighted by Gasteiger charge is -2.36. The minimum atomic E-state index is -3.74. The van der Waals surface area contributed by atoms with Crippen molar-refractivity contribution in [3.05, 3.63) is 23.9 Å². The lowest BCUT2D eigenvalue weighted by atomic mass is 9.82. The molecule has 2 aliphatic carbocycles. The molecule has 1 N–H and O–H groups in total. The Hall–Kier alpha value is -3.57. The number of ether oxygens (including phenoxy) is 3. The van der Waals surface area contributed by atoms with E-state index in [0.29, 0.717) is 34.8 Å². The molecule has 4 aliphatic rings. The van der Waals surface area contributed by atoms with Crippen molar-refractivity contribution in [1.82, 2.24) is 20.2 Å². The number of amides is 2. The van der Waals surface area contributed by atoms with E-state index in [9.17, 15) is 14.4 Å². The molecule has 250 valence electrons. The summed E-state index contributed by atoms with van der Waals surface area (Å²) in [6.07, 6.45) is 4.17. The number of alkyl halides is 2. The van der Waals surface area contributed by atoms with Gasteiger partial charge < -0.3 is 24.4 Å². The maximum absolute atomic E-state index is 16.2. The van der Waals surface area contributed by atoms with Gasteiger partial charge in [-0.3, -0.25) is 9.59 Å². The molecule has 12 heteroatoms. The quantitative estimate of drug-likeness (QED) is 0.457.